The summed E-state index contributed by atoms with van der Waals surface area (Å²) >= 11 is 0. The maximum atomic E-state index is 12.1. The first-order chi connectivity index (χ1) is 11.6. The fourth-order valence-corrected chi connectivity index (χ4v) is 3.18. The van der Waals surface area contributed by atoms with Crippen molar-refractivity contribution in [2.45, 2.75) is 24.9 Å². The zero-order valence-corrected chi connectivity index (χ0v) is 13.0. The summed E-state index contributed by atoms with van der Waals surface area (Å²) in [6, 6.07) is 6.55. The van der Waals surface area contributed by atoms with Gasteiger partial charge in [-0.15, -0.1) is 0 Å². The van der Waals surface area contributed by atoms with E-state index in [1.807, 2.05) is 0 Å². The Morgan fingerprint density at radius 2 is 2.12 bits per heavy atom. The van der Waals surface area contributed by atoms with E-state index in [9.17, 15) is 9.90 Å². The van der Waals surface area contributed by atoms with E-state index in [1.165, 1.54) is 0 Å². The van der Waals surface area contributed by atoms with Gasteiger partial charge in [0.1, 0.15) is 11.4 Å². The Bertz CT molecular complexity index is 772. The van der Waals surface area contributed by atoms with Gasteiger partial charge in [0, 0.05) is 23.7 Å². The lowest BCUT2D eigenvalue weighted by atomic mass is 9.83. The van der Waals surface area contributed by atoms with Crippen LogP contribution in [0.5, 0.6) is 11.5 Å². The van der Waals surface area contributed by atoms with Crippen molar-refractivity contribution >= 4 is 11.7 Å². The molecule has 24 heavy (non-hydrogen) atoms. The topological polar surface area (TPSA) is 93.0 Å². The maximum absolute atomic E-state index is 12.1. The van der Waals surface area contributed by atoms with Gasteiger partial charge in [-0.25, -0.2) is 4.79 Å². The highest BCUT2D eigenvalue weighted by atomic mass is 16.7. The predicted octanol–water partition coefficient (Wildman–Crippen LogP) is 2.35. The number of hydrogen-bond donors (Lipinski definition) is 3. The molecule has 3 N–H and O–H groups in total. The summed E-state index contributed by atoms with van der Waals surface area (Å²) in [5.41, 5.74) is 0.265. The Hall–Kier alpha value is -2.67. The molecule has 1 aromatic carbocycles. The molecule has 0 saturated carbocycles. The van der Waals surface area contributed by atoms with E-state index >= 15 is 0 Å². The zero-order valence-electron chi connectivity index (χ0n) is 13.0. The molecule has 1 aliphatic carbocycles. The minimum Gasteiger partial charge on any atom is -0.469 e. The van der Waals surface area contributed by atoms with Crippen LogP contribution >= 0.6 is 0 Å². The molecule has 0 spiro atoms. The number of carbonyl (C=O) groups is 1. The van der Waals surface area contributed by atoms with Crippen LogP contribution in [0.2, 0.25) is 0 Å². The van der Waals surface area contributed by atoms with Crippen LogP contribution in [0.3, 0.4) is 0 Å². The third-order valence-electron chi connectivity index (χ3n) is 4.41. The van der Waals surface area contributed by atoms with Gasteiger partial charge in [0.15, 0.2) is 11.5 Å². The number of rotatable bonds is 3. The molecule has 2 heterocycles. The number of carbonyl (C=O) groups excluding carboxylic acids is 1. The highest BCUT2D eigenvalue weighted by molar-refractivity contribution is 5.89. The summed E-state index contributed by atoms with van der Waals surface area (Å²) in [5, 5.41) is 16.3. The van der Waals surface area contributed by atoms with Gasteiger partial charge in [-0.2, -0.15) is 0 Å². The molecule has 7 heteroatoms. The molecular weight excluding hydrogens is 312 g/mol. The van der Waals surface area contributed by atoms with Gasteiger partial charge in [-0.05, 0) is 31.0 Å². The molecule has 2 aromatic rings. The van der Waals surface area contributed by atoms with Gasteiger partial charge >= 0.3 is 6.03 Å². The average molecular weight is 330 g/mol. The predicted molar refractivity (Wildman–Crippen MR) is 85.1 cm³/mol. The first-order valence-electron chi connectivity index (χ1n) is 7.88. The number of aliphatic hydroxyl groups is 1. The van der Waals surface area contributed by atoms with Crippen molar-refractivity contribution < 1.29 is 23.8 Å². The van der Waals surface area contributed by atoms with Gasteiger partial charge in [0.25, 0.3) is 0 Å². The zero-order chi connectivity index (χ0) is 16.6. The second kappa shape index (κ2) is 5.76. The quantitative estimate of drug-likeness (QED) is 0.803. The lowest BCUT2D eigenvalue weighted by Gasteiger charge is -2.31. The SMILES string of the molecule is O=C(NCC1(O)CCCc2occc21)Nc1ccc2c(c1)OCO2. The van der Waals surface area contributed by atoms with E-state index in [2.05, 4.69) is 10.6 Å². The summed E-state index contributed by atoms with van der Waals surface area (Å²) in [5.74, 6) is 2.05. The Balaban J connectivity index is 1.39. The van der Waals surface area contributed by atoms with E-state index in [0.717, 1.165) is 24.2 Å². The van der Waals surface area contributed by atoms with Gasteiger partial charge in [0.2, 0.25) is 6.79 Å². The van der Waals surface area contributed by atoms with Crippen LogP contribution in [0.25, 0.3) is 0 Å². The van der Waals surface area contributed by atoms with Crippen LogP contribution in [0.15, 0.2) is 34.9 Å². The number of benzene rings is 1. The van der Waals surface area contributed by atoms with Crippen molar-refractivity contribution in [3.05, 3.63) is 41.9 Å². The van der Waals surface area contributed by atoms with Crippen LogP contribution in [-0.4, -0.2) is 24.5 Å². The minimum atomic E-state index is -1.09. The summed E-state index contributed by atoms with van der Waals surface area (Å²) in [6.07, 6.45) is 3.80. The monoisotopic (exact) mass is 330 g/mol. The van der Waals surface area contributed by atoms with Crippen LogP contribution in [0.4, 0.5) is 10.5 Å². The number of aryl methyl sites for hydroxylation is 1. The minimum absolute atomic E-state index is 0.121. The highest BCUT2D eigenvalue weighted by Gasteiger charge is 2.36. The normalized spacial score (nSPS) is 21.2. The molecule has 0 fully saturated rings. The molecule has 1 unspecified atom stereocenters. The van der Waals surface area contributed by atoms with Crippen molar-refractivity contribution in [2.75, 3.05) is 18.7 Å². The Morgan fingerprint density at radius 3 is 3.04 bits per heavy atom. The number of nitrogens with one attached hydrogen (secondary N) is 2. The van der Waals surface area contributed by atoms with Gasteiger partial charge in [0.05, 0.1) is 12.8 Å². The van der Waals surface area contributed by atoms with Crippen molar-refractivity contribution in [3.63, 3.8) is 0 Å². The van der Waals surface area contributed by atoms with E-state index in [4.69, 9.17) is 13.9 Å². The summed E-state index contributed by atoms with van der Waals surface area (Å²) in [6.45, 7) is 0.307. The molecule has 2 aliphatic rings. The fraction of sp³-hybridized carbons (Fsp3) is 0.353. The summed E-state index contributed by atoms with van der Waals surface area (Å²) in [4.78, 5) is 12.1. The Kier molecular flexibility index (Phi) is 3.57. The number of amides is 2. The average Bonchev–Trinajstić information content (AvgIpc) is 3.22. The second-order valence-electron chi connectivity index (χ2n) is 6.02. The second-order valence-corrected chi connectivity index (χ2v) is 6.02. The van der Waals surface area contributed by atoms with Gasteiger partial charge in [-0.3, -0.25) is 0 Å². The van der Waals surface area contributed by atoms with Crippen LogP contribution in [-0.2, 0) is 12.0 Å². The molecule has 4 rings (SSSR count). The first kappa shape index (κ1) is 14.9. The molecule has 2 amide bonds. The third-order valence-corrected chi connectivity index (χ3v) is 4.41. The van der Waals surface area contributed by atoms with E-state index in [0.29, 0.717) is 23.6 Å². The number of fused-ring (bicyclic) bond motifs is 2. The number of urea groups is 1. The molecular formula is C17H18N2O5. The molecule has 7 nitrogen and oxygen atoms in total. The number of furan rings is 1. The molecule has 0 radical (unpaired) electrons. The van der Waals surface area contributed by atoms with Crippen molar-refractivity contribution in [1.82, 2.24) is 5.32 Å². The summed E-state index contributed by atoms with van der Waals surface area (Å²) in [7, 11) is 0. The lowest BCUT2D eigenvalue weighted by Crippen LogP contribution is -2.43. The highest BCUT2D eigenvalue weighted by Crippen LogP contribution is 2.36. The summed E-state index contributed by atoms with van der Waals surface area (Å²) < 4.78 is 15.9. The largest absolute Gasteiger partial charge is 0.469 e. The van der Waals surface area contributed by atoms with Crippen LogP contribution in [0.1, 0.15) is 24.2 Å². The van der Waals surface area contributed by atoms with Crippen molar-refractivity contribution in [3.8, 4) is 11.5 Å². The van der Waals surface area contributed by atoms with Crippen molar-refractivity contribution in [1.29, 1.82) is 0 Å². The Labute approximate surface area is 138 Å². The van der Waals surface area contributed by atoms with E-state index < -0.39 is 11.6 Å². The lowest BCUT2D eigenvalue weighted by molar-refractivity contribution is 0.0199. The van der Waals surface area contributed by atoms with Gasteiger partial charge in [-0.1, -0.05) is 0 Å². The fourth-order valence-electron chi connectivity index (χ4n) is 3.18. The maximum Gasteiger partial charge on any atom is 0.319 e. The molecule has 1 atom stereocenters. The van der Waals surface area contributed by atoms with Gasteiger partial charge < -0.3 is 29.6 Å². The number of ether oxygens (including phenoxy) is 2. The van der Waals surface area contributed by atoms with E-state index in [-0.39, 0.29) is 13.3 Å². The number of anilines is 1. The van der Waals surface area contributed by atoms with Crippen LogP contribution in [0, 0.1) is 0 Å². The van der Waals surface area contributed by atoms with Crippen LogP contribution < -0.4 is 20.1 Å². The van der Waals surface area contributed by atoms with E-state index in [1.54, 1.807) is 30.5 Å². The first-order valence-corrected chi connectivity index (χ1v) is 7.88. The third kappa shape index (κ3) is 2.67. The molecule has 0 bridgehead atoms. The molecule has 1 aliphatic heterocycles. The van der Waals surface area contributed by atoms with Crippen molar-refractivity contribution in [2.24, 2.45) is 0 Å². The Morgan fingerprint density at radius 1 is 1.25 bits per heavy atom. The smallest absolute Gasteiger partial charge is 0.319 e. The number of hydrogen-bond acceptors (Lipinski definition) is 5. The molecule has 126 valence electrons. The molecule has 1 aromatic heterocycles. The standard InChI is InChI=1S/C17H18N2O5/c20-16(19-11-3-4-14-15(8-11)24-10-23-14)18-9-17(21)6-1-2-13-12(17)5-7-22-13/h3-5,7-8,21H,1-2,6,9-10H2,(H2,18,19,20). The molecule has 0 saturated heterocycles.